The summed E-state index contributed by atoms with van der Waals surface area (Å²) in [6.45, 7) is 0. The van der Waals surface area contributed by atoms with Crippen LogP contribution < -0.4 is 0 Å². The summed E-state index contributed by atoms with van der Waals surface area (Å²) in [7, 11) is 0. The van der Waals surface area contributed by atoms with Gasteiger partial charge in [0.2, 0.25) is 0 Å². The molecule has 0 atom stereocenters. The van der Waals surface area contributed by atoms with Crippen molar-refractivity contribution in [3.63, 3.8) is 0 Å². The predicted molar refractivity (Wildman–Crippen MR) is 78.0 cm³/mol. The quantitative estimate of drug-likeness (QED) is 0.657. The van der Waals surface area contributed by atoms with Crippen LogP contribution in [0.25, 0.3) is 0 Å². The van der Waals surface area contributed by atoms with Crippen molar-refractivity contribution >= 4 is 5.97 Å². The molecular weight excluding hydrogens is 236 g/mol. The highest BCUT2D eigenvalue weighted by Crippen LogP contribution is 2.26. The van der Waals surface area contributed by atoms with E-state index < -0.39 is 0 Å². The van der Waals surface area contributed by atoms with Crippen molar-refractivity contribution in [2.75, 3.05) is 0 Å². The van der Waals surface area contributed by atoms with Crippen LogP contribution >= 0.6 is 0 Å². The van der Waals surface area contributed by atoms with Crippen LogP contribution in [0.1, 0.15) is 89.9 Å². The molecule has 0 aromatic heterocycles. The second kappa shape index (κ2) is 8.60. The third kappa shape index (κ3) is 5.54. The lowest BCUT2D eigenvalue weighted by Crippen LogP contribution is -2.25. The van der Waals surface area contributed by atoms with E-state index in [0.717, 1.165) is 25.7 Å². The van der Waals surface area contributed by atoms with Crippen LogP contribution in [-0.2, 0) is 9.53 Å². The standard InChI is InChI=1S/C17H30O2/c18-17(15-11-7-3-1-4-8-12-15)19-16-13-9-5-2-6-10-14-16/h15-16H,1-14H2. The first-order valence-corrected chi connectivity index (χ1v) is 8.57. The predicted octanol–water partition coefficient (Wildman–Crippen LogP) is 5.00. The van der Waals surface area contributed by atoms with Crippen LogP contribution in [0, 0.1) is 5.92 Å². The largest absolute Gasteiger partial charge is 0.462 e. The van der Waals surface area contributed by atoms with Gasteiger partial charge in [-0.3, -0.25) is 4.79 Å². The topological polar surface area (TPSA) is 26.3 Å². The number of esters is 1. The SMILES string of the molecule is O=C(OC1CCCCCCC1)C1CCCCCCC1. The first-order chi connectivity index (χ1) is 9.36. The maximum atomic E-state index is 12.3. The number of ether oxygens (including phenoxy) is 1. The summed E-state index contributed by atoms with van der Waals surface area (Å²) in [5.74, 6) is 0.318. The van der Waals surface area contributed by atoms with E-state index in [1.165, 1.54) is 64.2 Å². The molecule has 0 unspecified atom stereocenters. The molecule has 2 aliphatic carbocycles. The van der Waals surface area contributed by atoms with Crippen molar-refractivity contribution in [2.45, 2.75) is 96.0 Å². The molecule has 0 heterocycles. The average molecular weight is 266 g/mol. The molecular formula is C17H30O2. The second-order valence-electron chi connectivity index (χ2n) is 6.45. The molecule has 19 heavy (non-hydrogen) atoms. The number of carbonyl (C=O) groups is 1. The fourth-order valence-electron chi connectivity index (χ4n) is 3.49. The highest BCUT2D eigenvalue weighted by atomic mass is 16.5. The molecule has 0 radical (unpaired) electrons. The van der Waals surface area contributed by atoms with E-state index in [9.17, 15) is 4.79 Å². The highest BCUT2D eigenvalue weighted by Gasteiger charge is 2.24. The van der Waals surface area contributed by atoms with Gasteiger partial charge in [-0.25, -0.2) is 0 Å². The van der Waals surface area contributed by atoms with Crippen molar-refractivity contribution in [3.05, 3.63) is 0 Å². The van der Waals surface area contributed by atoms with Crippen molar-refractivity contribution < 1.29 is 9.53 Å². The van der Waals surface area contributed by atoms with Crippen molar-refractivity contribution in [2.24, 2.45) is 5.92 Å². The van der Waals surface area contributed by atoms with Gasteiger partial charge in [0, 0.05) is 0 Å². The first kappa shape index (κ1) is 14.9. The van der Waals surface area contributed by atoms with Gasteiger partial charge in [0.15, 0.2) is 0 Å². The van der Waals surface area contributed by atoms with E-state index in [1.54, 1.807) is 0 Å². The maximum absolute atomic E-state index is 12.3. The Bertz CT molecular complexity index is 246. The minimum Gasteiger partial charge on any atom is -0.462 e. The Balaban J connectivity index is 1.77. The van der Waals surface area contributed by atoms with E-state index in [4.69, 9.17) is 4.74 Å². The van der Waals surface area contributed by atoms with Crippen molar-refractivity contribution in [3.8, 4) is 0 Å². The summed E-state index contributed by atoms with van der Waals surface area (Å²) in [4.78, 5) is 12.3. The Morgan fingerprint density at radius 1 is 0.632 bits per heavy atom. The molecule has 0 aliphatic heterocycles. The van der Waals surface area contributed by atoms with Gasteiger partial charge >= 0.3 is 5.97 Å². The molecule has 0 N–H and O–H groups in total. The van der Waals surface area contributed by atoms with Crippen LogP contribution in [0.15, 0.2) is 0 Å². The zero-order chi connectivity index (χ0) is 13.3. The molecule has 0 aromatic rings. The van der Waals surface area contributed by atoms with Gasteiger partial charge in [-0.05, 0) is 38.5 Å². The molecule has 2 rings (SSSR count). The van der Waals surface area contributed by atoms with Crippen molar-refractivity contribution in [1.29, 1.82) is 0 Å². The first-order valence-electron chi connectivity index (χ1n) is 8.57. The molecule has 2 fully saturated rings. The van der Waals surface area contributed by atoms with Gasteiger partial charge in [0.05, 0.1) is 5.92 Å². The minimum atomic E-state index is 0.118. The zero-order valence-electron chi connectivity index (χ0n) is 12.4. The average Bonchev–Trinajstić information content (AvgIpc) is 2.31. The number of carbonyl (C=O) groups excluding carboxylic acids is 1. The third-order valence-electron chi connectivity index (χ3n) is 4.77. The van der Waals surface area contributed by atoms with E-state index in [2.05, 4.69) is 0 Å². The van der Waals surface area contributed by atoms with Gasteiger partial charge in [0.1, 0.15) is 6.10 Å². The van der Waals surface area contributed by atoms with Crippen LogP contribution in [0.3, 0.4) is 0 Å². The van der Waals surface area contributed by atoms with Gasteiger partial charge in [-0.1, -0.05) is 51.4 Å². The molecule has 2 saturated carbocycles. The van der Waals surface area contributed by atoms with E-state index in [1.807, 2.05) is 0 Å². The van der Waals surface area contributed by atoms with E-state index in [0.29, 0.717) is 0 Å². The summed E-state index contributed by atoms with van der Waals surface area (Å²) in [6, 6.07) is 0. The Kier molecular flexibility index (Phi) is 6.73. The number of hydrogen-bond donors (Lipinski definition) is 0. The number of hydrogen-bond acceptors (Lipinski definition) is 2. The van der Waals surface area contributed by atoms with Crippen LogP contribution in [0.4, 0.5) is 0 Å². The normalized spacial score (nSPS) is 24.8. The maximum Gasteiger partial charge on any atom is 0.309 e. The summed E-state index contributed by atoms with van der Waals surface area (Å²) in [5.41, 5.74) is 0. The smallest absolute Gasteiger partial charge is 0.309 e. The highest BCUT2D eigenvalue weighted by molar-refractivity contribution is 5.72. The summed E-state index contributed by atoms with van der Waals surface area (Å²) in [5, 5.41) is 0. The molecule has 0 amide bonds. The summed E-state index contributed by atoms with van der Waals surface area (Å²) in [6.07, 6.45) is 17.4. The Labute approximate surface area is 118 Å². The third-order valence-corrected chi connectivity index (χ3v) is 4.77. The molecule has 0 saturated heterocycles. The Hall–Kier alpha value is -0.530. The monoisotopic (exact) mass is 266 g/mol. The van der Waals surface area contributed by atoms with E-state index in [-0.39, 0.29) is 18.0 Å². The zero-order valence-corrected chi connectivity index (χ0v) is 12.4. The second-order valence-corrected chi connectivity index (χ2v) is 6.45. The molecule has 0 aromatic carbocycles. The van der Waals surface area contributed by atoms with Crippen LogP contribution in [0.5, 0.6) is 0 Å². The molecule has 0 bridgehead atoms. The molecule has 110 valence electrons. The lowest BCUT2D eigenvalue weighted by Gasteiger charge is -2.24. The molecule has 2 aliphatic rings. The van der Waals surface area contributed by atoms with E-state index >= 15 is 0 Å². The van der Waals surface area contributed by atoms with Gasteiger partial charge in [0.25, 0.3) is 0 Å². The Morgan fingerprint density at radius 3 is 1.58 bits per heavy atom. The van der Waals surface area contributed by atoms with Gasteiger partial charge in [-0.15, -0.1) is 0 Å². The van der Waals surface area contributed by atoms with Crippen LogP contribution in [-0.4, -0.2) is 12.1 Å². The lowest BCUT2D eigenvalue weighted by molar-refractivity contribution is -0.155. The molecule has 0 spiro atoms. The lowest BCUT2D eigenvalue weighted by atomic mass is 9.91. The fourth-order valence-corrected chi connectivity index (χ4v) is 3.49. The minimum absolute atomic E-state index is 0.118. The van der Waals surface area contributed by atoms with Crippen molar-refractivity contribution in [1.82, 2.24) is 0 Å². The summed E-state index contributed by atoms with van der Waals surface area (Å²) >= 11 is 0. The molecule has 2 nitrogen and oxygen atoms in total. The Morgan fingerprint density at radius 2 is 1.05 bits per heavy atom. The number of rotatable bonds is 2. The summed E-state index contributed by atoms with van der Waals surface area (Å²) < 4.78 is 5.82. The van der Waals surface area contributed by atoms with Gasteiger partial charge in [-0.2, -0.15) is 0 Å². The fraction of sp³-hybridized carbons (Fsp3) is 0.941. The van der Waals surface area contributed by atoms with Crippen LogP contribution in [0.2, 0.25) is 0 Å². The van der Waals surface area contributed by atoms with Gasteiger partial charge < -0.3 is 4.74 Å². The molecule has 2 heteroatoms.